The van der Waals surface area contributed by atoms with E-state index in [9.17, 15) is 4.79 Å². The molecule has 0 aromatic heterocycles. The van der Waals surface area contributed by atoms with E-state index in [1.165, 1.54) is 0 Å². The number of hydrogen-bond donors (Lipinski definition) is 1. The van der Waals surface area contributed by atoms with Crippen LogP contribution in [-0.2, 0) is 0 Å². The molecule has 0 aliphatic carbocycles. The first-order chi connectivity index (χ1) is 9.10. The average molecular weight is 385 g/mol. The fourth-order valence-corrected chi connectivity index (χ4v) is 2.35. The Morgan fingerprint density at radius 1 is 1.11 bits per heavy atom. The fourth-order valence-electron chi connectivity index (χ4n) is 1.55. The number of carbonyl (C=O) groups is 1. The molecule has 98 valence electrons. The van der Waals surface area contributed by atoms with Crippen LogP contribution in [0.5, 0.6) is 5.75 Å². The predicted octanol–water partition coefficient (Wildman–Crippen LogP) is 4.47. The van der Waals surface area contributed by atoms with Gasteiger partial charge in [0, 0.05) is 15.7 Å². The topological polar surface area (TPSA) is 38.3 Å². The molecular weight excluding hydrogens is 374 g/mol. The highest BCUT2D eigenvalue weighted by molar-refractivity contribution is 9.10. The van der Waals surface area contributed by atoms with Gasteiger partial charge >= 0.3 is 0 Å². The smallest absolute Gasteiger partial charge is 0.255 e. The number of hydrogen-bond acceptors (Lipinski definition) is 2. The summed E-state index contributed by atoms with van der Waals surface area (Å²) in [6.45, 7) is 0. The van der Waals surface area contributed by atoms with E-state index >= 15 is 0 Å². The zero-order valence-electron chi connectivity index (χ0n) is 10.1. The number of benzene rings is 2. The number of carbonyl (C=O) groups excluding carboxylic acids is 1. The molecule has 5 heteroatoms. The van der Waals surface area contributed by atoms with Gasteiger partial charge in [-0.25, -0.2) is 0 Å². The van der Waals surface area contributed by atoms with Gasteiger partial charge in [-0.05, 0) is 58.4 Å². The van der Waals surface area contributed by atoms with Crippen LogP contribution in [0.15, 0.2) is 51.4 Å². The highest BCUT2D eigenvalue weighted by Crippen LogP contribution is 2.27. The van der Waals surface area contributed by atoms with Crippen molar-refractivity contribution in [3.8, 4) is 5.75 Å². The molecule has 0 heterocycles. The first-order valence-electron chi connectivity index (χ1n) is 5.50. The third kappa shape index (κ3) is 3.58. The maximum Gasteiger partial charge on any atom is 0.255 e. The molecule has 0 bridgehead atoms. The summed E-state index contributed by atoms with van der Waals surface area (Å²) in [6.07, 6.45) is 0. The molecule has 0 radical (unpaired) electrons. The Hall–Kier alpha value is -1.33. The van der Waals surface area contributed by atoms with Crippen LogP contribution in [0.4, 0.5) is 5.69 Å². The number of nitrogens with one attached hydrogen (secondary N) is 1. The summed E-state index contributed by atoms with van der Waals surface area (Å²) < 4.78 is 6.87. The fraction of sp³-hybridized carbons (Fsp3) is 0.0714. The summed E-state index contributed by atoms with van der Waals surface area (Å²) in [7, 11) is 1.60. The molecule has 0 aliphatic rings. The van der Waals surface area contributed by atoms with E-state index in [4.69, 9.17) is 4.74 Å². The zero-order valence-corrected chi connectivity index (χ0v) is 13.3. The summed E-state index contributed by atoms with van der Waals surface area (Å²) in [5, 5.41) is 2.83. The second-order valence-corrected chi connectivity index (χ2v) is 5.58. The summed E-state index contributed by atoms with van der Waals surface area (Å²) in [5.74, 6) is 0.575. The number of ether oxygens (including phenoxy) is 1. The van der Waals surface area contributed by atoms with Crippen molar-refractivity contribution >= 4 is 43.5 Å². The van der Waals surface area contributed by atoms with Gasteiger partial charge in [-0.15, -0.1) is 0 Å². The zero-order chi connectivity index (χ0) is 13.8. The Balaban J connectivity index is 2.14. The van der Waals surface area contributed by atoms with Crippen molar-refractivity contribution in [2.24, 2.45) is 0 Å². The van der Waals surface area contributed by atoms with Crippen molar-refractivity contribution in [1.29, 1.82) is 0 Å². The number of amides is 1. The van der Waals surface area contributed by atoms with E-state index in [2.05, 4.69) is 37.2 Å². The van der Waals surface area contributed by atoms with Crippen LogP contribution in [0.3, 0.4) is 0 Å². The van der Waals surface area contributed by atoms with Crippen molar-refractivity contribution in [3.63, 3.8) is 0 Å². The van der Waals surface area contributed by atoms with E-state index in [1.807, 2.05) is 12.1 Å². The third-order valence-corrected chi connectivity index (χ3v) is 3.66. The summed E-state index contributed by atoms with van der Waals surface area (Å²) in [5.41, 5.74) is 1.32. The van der Waals surface area contributed by atoms with Crippen molar-refractivity contribution in [2.45, 2.75) is 0 Å². The van der Waals surface area contributed by atoms with Gasteiger partial charge in [0.05, 0.1) is 11.6 Å². The number of anilines is 1. The van der Waals surface area contributed by atoms with Crippen LogP contribution in [0, 0.1) is 0 Å². The van der Waals surface area contributed by atoms with Crippen molar-refractivity contribution in [3.05, 3.63) is 57.0 Å². The minimum atomic E-state index is -0.149. The van der Waals surface area contributed by atoms with E-state index in [-0.39, 0.29) is 5.91 Å². The quantitative estimate of drug-likeness (QED) is 0.847. The minimum Gasteiger partial charge on any atom is -0.496 e. The van der Waals surface area contributed by atoms with Gasteiger partial charge in [0.25, 0.3) is 5.91 Å². The van der Waals surface area contributed by atoms with Crippen LogP contribution >= 0.6 is 31.9 Å². The molecule has 19 heavy (non-hydrogen) atoms. The number of halogens is 2. The minimum absolute atomic E-state index is 0.149. The van der Waals surface area contributed by atoms with Gasteiger partial charge in [-0.1, -0.05) is 15.9 Å². The lowest BCUT2D eigenvalue weighted by Gasteiger charge is -2.08. The van der Waals surface area contributed by atoms with Gasteiger partial charge < -0.3 is 10.1 Å². The molecule has 0 aliphatic heterocycles. The molecule has 1 amide bonds. The monoisotopic (exact) mass is 383 g/mol. The van der Waals surface area contributed by atoms with E-state index < -0.39 is 0 Å². The molecule has 0 spiro atoms. The second kappa shape index (κ2) is 6.21. The van der Waals surface area contributed by atoms with Crippen molar-refractivity contribution in [2.75, 3.05) is 12.4 Å². The first-order valence-corrected chi connectivity index (χ1v) is 7.09. The van der Waals surface area contributed by atoms with Crippen LogP contribution in [0.1, 0.15) is 10.4 Å². The van der Waals surface area contributed by atoms with E-state index in [0.29, 0.717) is 11.3 Å². The average Bonchev–Trinajstić information content (AvgIpc) is 2.39. The molecule has 3 nitrogen and oxygen atoms in total. The highest BCUT2D eigenvalue weighted by Gasteiger charge is 2.07. The van der Waals surface area contributed by atoms with Gasteiger partial charge in [-0.2, -0.15) is 0 Å². The lowest BCUT2D eigenvalue weighted by atomic mass is 10.2. The van der Waals surface area contributed by atoms with Gasteiger partial charge in [-0.3, -0.25) is 4.79 Å². The Morgan fingerprint density at radius 2 is 1.79 bits per heavy atom. The Morgan fingerprint density at radius 3 is 2.37 bits per heavy atom. The molecule has 0 atom stereocenters. The maximum absolute atomic E-state index is 12.0. The maximum atomic E-state index is 12.0. The lowest BCUT2D eigenvalue weighted by molar-refractivity contribution is 0.102. The Kier molecular flexibility index (Phi) is 4.61. The van der Waals surface area contributed by atoms with Crippen LogP contribution in [0.25, 0.3) is 0 Å². The van der Waals surface area contributed by atoms with Crippen molar-refractivity contribution < 1.29 is 9.53 Å². The standard InChI is InChI=1S/C14H11Br2NO2/c1-19-13-7-6-11(8-12(13)16)17-14(18)9-2-4-10(15)5-3-9/h2-8H,1H3,(H,17,18). The summed E-state index contributed by atoms with van der Waals surface area (Å²) in [4.78, 5) is 12.0. The van der Waals surface area contributed by atoms with Crippen LogP contribution in [-0.4, -0.2) is 13.0 Å². The lowest BCUT2D eigenvalue weighted by Crippen LogP contribution is -2.11. The van der Waals surface area contributed by atoms with Crippen LogP contribution in [0.2, 0.25) is 0 Å². The van der Waals surface area contributed by atoms with Gasteiger partial charge in [0.15, 0.2) is 0 Å². The number of methoxy groups -OCH3 is 1. The molecule has 1 N–H and O–H groups in total. The molecule has 0 saturated heterocycles. The SMILES string of the molecule is COc1ccc(NC(=O)c2ccc(Br)cc2)cc1Br. The molecule has 0 saturated carbocycles. The first kappa shape index (κ1) is 14.1. The third-order valence-electron chi connectivity index (χ3n) is 2.52. The Bertz CT molecular complexity index is 597. The highest BCUT2D eigenvalue weighted by atomic mass is 79.9. The summed E-state index contributed by atoms with van der Waals surface area (Å²) >= 11 is 6.72. The van der Waals surface area contributed by atoms with Gasteiger partial charge in [0.2, 0.25) is 0 Å². The normalized spacial score (nSPS) is 10.1. The molecule has 2 aromatic rings. The van der Waals surface area contributed by atoms with E-state index in [1.54, 1.807) is 37.4 Å². The Labute approximate surface area is 128 Å². The van der Waals surface area contributed by atoms with Crippen LogP contribution < -0.4 is 10.1 Å². The number of rotatable bonds is 3. The second-order valence-electron chi connectivity index (χ2n) is 3.81. The van der Waals surface area contributed by atoms with Gasteiger partial charge in [0.1, 0.15) is 5.75 Å². The summed E-state index contributed by atoms with van der Waals surface area (Å²) in [6, 6.07) is 12.6. The molecule has 0 fully saturated rings. The molecule has 2 rings (SSSR count). The molecular formula is C14H11Br2NO2. The van der Waals surface area contributed by atoms with Crippen molar-refractivity contribution in [1.82, 2.24) is 0 Å². The van der Waals surface area contributed by atoms with E-state index in [0.717, 1.165) is 14.7 Å². The molecule has 2 aromatic carbocycles. The molecule has 0 unspecified atom stereocenters. The predicted molar refractivity (Wildman–Crippen MR) is 82.8 cm³/mol. The largest absolute Gasteiger partial charge is 0.496 e.